The van der Waals surface area contributed by atoms with Gasteiger partial charge in [-0.3, -0.25) is 4.79 Å². The number of rotatable bonds is 33. The van der Waals surface area contributed by atoms with Crippen LogP contribution in [-0.2, 0) is 14.3 Å². The molecule has 1 saturated heterocycles. The van der Waals surface area contributed by atoms with Crippen molar-refractivity contribution in [2.75, 3.05) is 13.2 Å². The van der Waals surface area contributed by atoms with E-state index in [1.54, 1.807) is 0 Å². The largest absolute Gasteiger partial charge is 0.394 e. The fourth-order valence-corrected chi connectivity index (χ4v) is 6.51. The second-order valence-corrected chi connectivity index (χ2v) is 14.4. The van der Waals surface area contributed by atoms with Crippen LogP contribution in [0.2, 0.25) is 0 Å². The van der Waals surface area contributed by atoms with Gasteiger partial charge in [0.25, 0.3) is 0 Å². The third-order valence-corrected chi connectivity index (χ3v) is 9.87. The molecule has 0 saturated carbocycles. The van der Waals surface area contributed by atoms with Crippen LogP contribution in [0.25, 0.3) is 0 Å². The van der Waals surface area contributed by atoms with E-state index in [0.717, 1.165) is 44.9 Å². The van der Waals surface area contributed by atoms with Gasteiger partial charge >= 0.3 is 0 Å². The zero-order valence-electron chi connectivity index (χ0n) is 31.5. The first-order valence-electron chi connectivity index (χ1n) is 20.4. The van der Waals surface area contributed by atoms with Crippen molar-refractivity contribution in [3.8, 4) is 0 Å². The number of hydrogen-bond acceptors (Lipinski definition) is 8. The maximum absolute atomic E-state index is 12.9. The van der Waals surface area contributed by atoms with Gasteiger partial charge in [0.15, 0.2) is 6.29 Å². The minimum Gasteiger partial charge on any atom is -0.394 e. The third-order valence-electron chi connectivity index (χ3n) is 9.87. The van der Waals surface area contributed by atoms with Crippen molar-refractivity contribution in [3.05, 3.63) is 12.2 Å². The molecule has 0 aromatic carbocycles. The topological polar surface area (TPSA) is 149 Å². The highest BCUT2D eigenvalue weighted by Gasteiger charge is 2.44. The van der Waals surface area contributed by atoms with Crippen LogP contribution in [0.4, 0.5) is 0 Å². The number of carbonyl (C=O) groups excluding carboxylic acids is 1. The molecule has 1 aliphatic rings. The van der Waals surface area contributed by atoms with Gasteiger partial charge in [0, 0.05) is 6.42 Å². The predicted molar refractivity (Wildman–Crippen MR) is 198 cm³/mol. The zero-order chi connectivity index (χ0) is 36.0. The molecule has 6 N–H and O–H groups in total. The smallest absolute Gasteiger partial charge is 0.220 e. The summed E-state index contributed by atoms with van der Waals surface area (Å²) >= 11 is 0. The number of ether oxygens (including phenoxy) is 2. The fourth-order valence-electron chi connectivity index (χ4n) is 6.51. The second kappa shape index (κ2) is 31.6. The van der Waals surface area contributed by atoms with Gasteiger partial charge < -0.3 is 40.3 Å². The Hall–Kier alpha value is -1.07. The summed E-state index contributed by atoms with van der Waals surface area (Å²) in [7, 11) is 0. The van der Waals surface area contributed by atoms with E-state index in [0.29, 0.717) is 12.8 Å². The number of aliphatic hydroxyl groups excluding tert-OH is 5. The molecule has 7 atom stereocenters. The van der Waals surface area contributed by atoms with E-state index >= 15 is 0 Å². The van der Waals surface area contributed by atoms with E-state index in [1.807, 2.05) is 0 Å². The Kier molecular flexibility index (Phi) is 29.7. The molecule has 1 rings (SSSR count). The van der Waals surface area contributed by atoms with Crippen LogP contribution in [0, 0.1) is 0 Å². The normalized spacial score (nSPS) is 22.5. The van der Waals surface area contributed by atoms with Crippen molar-refractivity contribution < 1.29 is 39.8 Å². The maximum atomic E-state index is 12.9. The third kappa shape index (κ3) is 23.2. The van der Waals surface area contributed by atoms with Gasteiger partial charge in [-0.05, 0) is 38.5 Å². The molecule has 0 aromatic rings. The molecular formula is C40H77NO8. The van der Waals surface area contributed by atoms with Crippen LogP contribution < -0.4 is 5.32 Å². The number of carbonyl (C=O) groups is 1. The minimum absolute atomic E-state index is 0.146. The Bertz CT molecular complexity index is 781. The van der Waals surface area contributed by atoms with Crippen LogP contribution >= 0.6 is 0 Å². The summed E-state index contributed by atoms with van der Waals surface area (Å²) in [6.07, 6.45) is 26.5. The predicted octanol–water partition coefficient (Wildman–Crippen LogP) is 7.39. The SMILES string of the molecule is CCCCCCCCCCC/C=C/CCCC[C@@H](O)[C@H](CO[C@@H]1O[C@H](CO)[C@@H](O)C(O)C1O)NC(=O)CCCCCCCCCCCCC. The molecule has 1 heterocycles. The quantitative estimate of drug-likeness (QED) is 0.0307. The van der Waals surface area contributed by atoms with Crippen molar-refractivity contribution in [1.82, 2.24) is 5.32 Å². The monoisotopic (exact) mass is 700 g/mol. The van der Waals surface area contributed by atoms with E-state index in [1.165, 1.54) is 109 Å². The van der Waals surface area contributed by atoms with Gasteiger partial charge in [-0.2, -0.15) is 0 Å². The Labute approximate surface area is 299 Å². The van der Waals surface area contributed by atoms with Crippen molar-refractivity contribution in [2.45, 2.75) is 224 Å². The van der Waals surface area contributed by atoms with Gasteiger partial charge in [-0.25, -0.2) is 0 Å². The number of unbranched alkanes of at least 4 members (excludes halogenated alkanes) is 21. The fraction of sp³-hybridized carbons (Fsp3) is 0.925. The first-order valence-corrected chi connectivity index (χ1v) is 20.4. The van der Waals surface area contributed by atoms with Gasteiger partial charge in [-0.15, -0.1) is 0 Å². The lowest BCUT2D eigenvalue weighted by molar-refractivity contribution is -0.302. The molecule has 0 aliphatic carbocycles. The molecule has 1 fully saturated rings. The number of amides is 1. The molecule has 0 bridgehead atoms. The van der Waals surface area contributed by atoms with Gasteiger partial charge in [0.1, 0.15) is 24.4 Å². The molecule has 0 radical (unpaired) electrons. The van der Waals surface area contributed by atoms with Crippen LogP contribution in [0.3, 0.4) is 0 Å². The molecule has 49 heavy (non-hydrogen) atoms. The zero-order valence-corrected chi connectivity index (χ0v) is 31.5. The van der Waals surface area contributed by atoms with Crippen molar-refractivity contribution >= 4 is 5.91 Å². The lowest BCUT2D eigenvalue weighted by atomic mass is 9.99. The molecule has 2 unspecified atom stereocenters. The summed E-state index contributed by atoms with van der Waals surface area (Å²) in [6, 6.07) is -0.727. The highest BCUT2D eigenvalue weighted by molar-refractivity contribution is 5.76. The maximum Gasteiger partial charge on any atom is 0.220 e. The van der Waals surface area contributed by atoms with Gasteiger partial charge in [-0.1, -0.05) is 148 Å². The summed E-state index contributed by atoms with van der Waals surface area (Å²) in [5, 5.41) is 54.1. The Morgan fingerprint density at radius 3 is 1.65 bits per heavy atom. The lowest BCUT2D eigenvalue weighted by Gasteiger charge is -2.40. The number of hydrogen-bond donors (Lipinski definition) is 6. The first-order chi connectivity index (χ1) is 23.8. The number of nitrogens with one attached hydrogen (secondary N) is 1. The van der Waals surface area contributed by atoms with Crippen LogP contribution in [0.15, 0.2) is 12.2 Å². The summed E-state index contributed by atoms with van der Waals surface area (Å²) in [4.78, 5) is 12.9. The first kappa shape index (κ1) is 46.0. The van der Waals surface area contributed by atoms with Crippen molar-refractivity contribution in [3.63, 3.8) is 0 Å². The summed E-state index contributed by atoms with van der Waals surface area (Å²) < 4.78 is 11.2. The molecule has 1 aliphatic heterocycles. The van der Waals surface area contributed by atoms with E-state index in [4.69, 9.17) is 9.47 Å². The van der Waals surface area contributed by atoms with E-state index in [9.17, 15) is 30.3 Å². The number of aliphatic hydroxyl groups is 5. The van der Waals surface area contributed by atoms with Crippen molar-refractivity contribution in [1.29, 1.82) is 0 Å². The Morgan fingerprint density at radius 2 is 1.14 bits per heavy atom. The van der Waals surface area contributed by atoms with E-state index in [-0.39, 0.29) is 12.5 Å². The standard InChI is InChI=1S/C40H77NO8/c1-3-5-7-9-11-13-15-16-17-18-20-21-23-25-27-29-34(43)33(32-48-40-39(47)38(46)37(45)35(31-42)49-40)41-36(44)30-28-26-24-22-19-14-12-10-8-6-4-2/h20-21,33-35,37-40,42-43,45-47H,3-19,22-32H2,1-2H3,(H,41,44)/b21-20+/t33-,34+,35+,37+,38?,39?,40+/m0/s1. The van der Waals surface area contributed by atoms with Crippen molar-refractivity contribution in [2.24, 2.45) is 0 Å². The molecule has 290 valence electrons. The summed E-state index contributed by atoms with van der Waals surface area (Å²) in [5.41, 5.74) is 0. The highest BCUT2D eigenvalue weighted by atomic mass is 16.7. The molecule has 9 heteroatoms. The summed E-state index contributed by atoms with van der Waals surface area (Å²) in [6.45, 7) is 3.79. The van der Waals surface area contributed by atoms with Gasteiger partial charge in [0.2, 0.25) is 5.91 Å². The second-order valence-electron chi connectivity index (χ2n) is 14.4. The number of allylic oxidation sites excluding steroid dienone is 2. The molecule has 0 spiro atoms. The van der Waals surface area contributed by atoms with Gasteiger partial charge in [0.05, 0.1) is 25.4 Å². The summed E-state index contributed by atoms with van der Waals surface area (Å²) in [5.74, 6) is -0.156. The molecule has 0 aromatic heterocycles. The minimum atomic E-state index is -1.55. The van der Waals surface area contributed by atoms with Crippen LogP contribution in [0.1, 0.15) is 181 Å². The Balaban J connectivity index is 2.41. The van der Waals surface area contributed by atoms with E-state index < -0.39 is 49.5 Å². The average molecular weight is 700 g/mol. The Morgan fingerprint density at radius 1 is 0.673 bits per heavy atom. The molecule has 1 amide bonds. The van der Waals surface area contributed by atoms with E-state index in [2.05, 4.69) is 31.3 Å². The average Bonchev–Trinajstić information content (AvgIpc) is 3.10. The highest BCUT2D eigenvalue weighted by Crippen LogP contribution is 2.23. The molecular weight excluding hydrogens is 622 g/mol. The lowest BCUT2D eigenvalue weighted by Crippen LogP contribution is -2.60. The van der Waals surface area contributed by atoms with Crippen LogP contribution in [-0.4, -0.2) is 87.5 Å². The van der Waals surface area contributed by atoms with Crippen LogP contribution in [0.5, 0.6) is 0 Å². The molecule has 9 nitrogen and oxygen atoms in total.